The predicted molar refractivity (Wildman–Crippen MR) is 98.0 cm³/mol. The number of rotatable bonds is 2. The van der Waals surface area contributed by atoms with Gasteiger partial charge in [-0.2, -0.15) is 0 Å². The number of anilines is 1. The van der Waals surface area contributed by atoms with Crippen molar-refractivity contribution in [1.29, 1.82) is 0 Å². The number of para-hydroxylation sites is 1. The van der Waals surface area contributed by atoms with Crippen LogP contribution in [0.5, 0.6) is 0 Å². The van der Waals surface area contributed by atoms with Crippen molar-refractivity contribution in [3.05, 3.63) is 78.8 Å². The Morgan fingerprint density at radius 2 is 1.61 bits per heavy atom. The molecule has 1 atom stereocenters. The van der Waals surface area contributed by atoms with Crippen LogP contribution in [0.25, 0.3) is 6.08 Å². The lowest BCUT2D eigenvalue weighted by atomic mass is 9.61. The molecule has 0 aliphatic carbocycles. The summed E-state index contributed by atoms with van der Waals surface area (Å²) in [5, 5.41) is 0. The molecular weight excluding hydrogens is 281 g/mol. The van der Waals surface area contributed by atoms with Gasteiger partial charge >= 0.3 is 6.98 Å². The lowest BCUT2D eigenvalue weighted by Gasteiger charge is -2.39. The third-order valence-corrected chi connectivity index (χ3v) is 4.72. The maximum Gasteiger partial charge on any atom is 0.412 e. The molecule has 0 saturated heterocycles. The Kier molecular flexibility index (Phi) is 3.38. The van der Waals surface area contributed by atoms with E-state index in [9.17, 15) is 0 Å². The molecule has 2 aromatic rings. The topological polar surface area (TPSA) is 9.72 Å². The summed E-state index contributed by atoms with van der Waals surface area (Å²) in [6, 6.07) is 19.2. The molecule has 2 aromatic carbocycles. The normalized spacial score (nSPS) is 19.5. The van der Waals surface area contributed by atoms with Gasteiger partial charge in [0.25, 0.3) is 0 Å². The zero-order valence-corrected chi connectivity index (χ0v) is 13.5. The highest BCUT2D eigenvalue weighted by Crippen LogP contribution is 2.26. The highest BCUT2D eigenvalue weighted by atomic mass is 15.4. The molecule has 0 bridgehead atoms. The molecule has 2 aliphatic heterocycles. The zero-order valence-electron chi connectivity index (χ0n) is 13.5. The second-order valence-corrected chi connectivity index (χ2v) is 6.10. The van der Waals surface area contributed by atoms with E-state index in [-0.39, 0.29) is 13.1 Å². The summed E-state index contributed by atoms with van der Waals surface area (Å²) in [4.78, 5) is 7.00. The molecule has 0 N–H and O–H groups in total. The van der Waals surface area contributed by atoms with Crippen LogP contribution in [0, 0.1) is 0 Å². The zero-order chi connectivity index (χ0) is 15.8. The van der Waals surface area contributed by atoms with Gasteiger partial charge in [0.15, 0.2) is 0 Å². The molecule has 2 heterocycles. The first-order chi connectivity index (χ1) is 11.3. The number of hydrogen-bond donors (Lipinski definition) is 0. The van der Waals surface area contributed by atoms with Crippen molar-refractivity contribution in [1.82, 2.24) is 9.62 Å². The van der Waals surface area contributed by atoms with Crippen molar-refractivity contribution in [2.45, 2.75) is 13.1 Å². The van der Waals surface area contributed by atoms with Gasteiger partial charge in [-0.3, -0.25) is 0 Å². The molecule has 0 amide bonds. The molecule has 0 spiro atoms. The second-order valence-electron chi connectivity index (χ2n) is 6.10. The highest BCUT2D eigenvalue weighted by molar-refractivity contribution is 6.70. The van der Waals surface area contributed by atoms with E-state index >= 15 is 0 Å². The molecule has 4 heteroatoms. The minimum atomic E-state index is 0.219. The fraction of sp³-hybridized carbons (Fsp3) is 0.158. The van der Waals surface area contributed by atoms with Crippen LogP contribution >= 0.6 is 0 Å². The van der Waals surface area contributed by atoms with Gasteiger partial charge in [0.2, 0.25) is 0 Å². The third kappa shape index (κ3) is 2.31. The van der Waals surface area contributed by atoms with Crippen molar-refractivity contribution in [3.8, 4) is 0 Å². The van der Waals surface area contributed by atoms with Crippen LogP contribution < -0.4 is 10.4 Å². The summed E-state index contributed by atoms with van der Waals surface area (Å²) in [6.07, 6.45) is 9.00. The van der Waals surface area contributed by atoms with E-state index in [0.29, 0.717) is 0 Å². The first kappa shape index (κ1) is 14.0. The fourth-order valence-corrected chi connectivity index (χ4v) is 3.50. The number of fused-ring (bicyclic) bond motifs is 1. The van der Waals surface area contributed by atoms with E-state index in [1.165, 1.54) is 16.7 Å². The molecule has 2 aliphatic rings. The average Bonchev–Trinajstić information content (AvgIpc) is 2.97. The van der Waals surface area contributed by atoms with Gasteiger partial charge in [-0.1, -0.05) is 42.5 Å². The van der Waals surface area contributed by atoms with Crippen molar-refractivity contribution in [3.63, 3.8) is 0 Å². The molecule has 0 saturated carbocycles. The summed E-state index contributed by atoms with van der Waals surface area (Å²) in [5.41, 5.74) is 3.87. The molecule has 23 heavy (non-hydrogen) atoms. The highest BCUT2D eigenvalue weighted by Gasteiger charge is 2.38. The van der Waals surface area contributed by atoms with Gasteiger partial charge in [0, 0.05) is 18.1 Å². The van der Waals surface area contributed by atoms with E-state index in [2.05, 4.69) is 108 Å². The van der Waals surface area contributed by atoms with Gasteiger partial charge in [-0.15, -0.1) is 0 Å². The van der Waals surface area contributed by atoms with Crippen LogP contribution in [-0.2, 0) is 0 Å². The quantitative estimate of drug-likeness (QED) is 0.790. The van der Waals surface area contributed by atoms with Crippen molar-refractivity contribution in [2.24, 2.45) is 0 Å². The largest absolute Gasteiger partial charge is 0.412 e. The molecule has 0 aromatic heterocycles. The maximum absolute atomic E-state index is 2.41. The Morgan fingerprint density at radius 3 is 2.43 bits per heavy atom. The van der Waals surface area contributed by atoms with Gasteiger partial charge < -0.3 is 14.5 Å². The summed E-state index contributed by atoms with van der Waals surface area (Å²) in [7, 11) is 2.14. The smallest absolute Gasteiger partial charge is 0.401 e. The van der Waals surface area contributed by atoms with Crippen LogP contribution in [0.15, 0.2) is 73.2 Å². The fourth-order valence-electron chi connectivity index (χ4n) is 3.50. The lowest BCUT2D eigenvalue weighted by molar-refractivity contribution is 0.446. The molecule has 0 unspecified atom stereocenters. The van der Waals surface area contributed by atoms with Gasteiger partial charge in [-0.05, 0) is 49.4 Å². The predicted octanol–water partition coefficient (Wildman–Crippen LogP) is 2.94. The van der Waals surface area contributed by atoms with Gasteiger partial charge in [0.05, 0.1) is 6.17 Å². The summed E-state index contributed by atoms with van der Waals surface area (Å²) in [5.74, 6) is 0. The monoisotopic (exact) mass is 301 g/mol. The Morgan fingerprint density at radius 1 is 0.870 bits per heavy atom. The van der Waals surface area contributed by atoms with Crippen LogP contribution in [0.3, 0.4) is 0 Å². The van der Waals surface area contributed by atoms with E-state index in [1.807, 2.05) is 0 Å². The standard InChI is InChI=1S/C19H20BN3/c1-16-22(18-9-4-3-5-10-18)14-15-23(16)20-19-11-7-6-8-17(19)12-13-21(20)2/h3-16H,1-2H3/t16-/m0/s1. The van der Waals surface area contributed by atoms with Crippen molar-refractivity contribution < 1.29 is 0 Å². The van der Waals surface area contributed by atoms with E-state index in [4.69, 9.17) is 0 Å². The van der Waals surface area contributed by atoms with Crippen LogP contribution in [0.2, 0.25) is 0 Å². The molecule has 0 fully saturated rings. The van der Waals surface area contributed by atoms with Gasteiger partial charge in [-0.25, -0.2) is 0 Å². The van der Waals surface area contributed by atoms with Crippen molar-refractivity contribution >= 4 is 24.2 Å². The maximum atomic E-state index is 2.41. The average molecular weight is 301 g/mol. The summed E-state index contributed by atoms with van der Waals surface area (Å²) in [6.45, 7) is 2.47. The Bertz CT molecular complexity index is 756. The molecule has 0 radical (unpaired) electrons. The van der Waals surface area contributed by atoms with E-state index in [1.54, 1.807) is 0 Å². The van der Waals surface area contributed by atoms with Crippen LogP contribution in [-0.4, -0.2) is 29.8 Å². The SMILES string of the molecule is C[C@@H]1N(B2c3ccccc3C=CN2C)C=CN1c1ccccc1. The Hall–Kier alpha value is -2.62. The number of benzene rings is 2. The van der Waals surface area contributed by atoms with E-state index < -0.39 is 0 Å². The molecular formula is C19H20BN3. The van der Waals surface area contributed by atoms with Crippen LogP contribution in [0.1, 0.15) is 12.5 Å². The first-order valence-electron chi connectivity index (χ1n) is 8.04. The molecule has 3 nitrogen and oxygen atoms in total. The van der Waals surface area contributed by atoms with E-state index in [0.717, 1.165) is 0 Å². The summed E-state index contributed by atoms with van der Waals surface area (Å²) < 4.78 is 0. The van der Waals surface area contributed by atoms with Crippen molar-refractivity contribution in [2.75, 3.05) is 11.9 Å². The van der Waals surface area contributed by atoms with Crippen LogP contribution in [0.4, 0.5) is 5.69 Å². The molecule has 4 rings (SSSR count). The number of hydrogen-bond acceptors (Lipinski definition) is 3. The minimum Gasteiger partial charge on any atom is -0.401 e. The lowest BCUT2D eigenvalue weighted by Crippen LogP contribution is -2.60. The third-order valence-electron chi connectivity index (χ3n) is 4.72. The Labute approximate surface area is 138 Å². The second kappa shape index (κ2) is 5.54. The number of nitrogens with zero attached hydrogens (tertiary/aromatic N) is 3. The first-order valence-corrected chi connectivity index (χ1v) is 8.04. The molecule has 114 valence electrons. The van der Waals surface area contributed by atoms with Gasteiger partial charge in [0.1, 0.15) is 0 Å². The minimum absolute atomic E-state index is 0.219. The summed E-state index contributed by atoms with van der Waals surface area (Å²) >= 11 is 0. The Balaban J connectivity index is 1.67.